The lowest BCUT2D eigenvalue weighted by Crippen LogP contribution is -2.21. The van der Waals surface area contributed by atoms with E-state index in [1.807, 2.05) is 19.9 Å². The van der Waals surface area contributed by atoms with Crippen LogP contribution in [0.3, 0.4) is 0 Å². The molecule has 0 amide bonds. The van der Waals surface area contributed by atoms with Gasteiger partial charge in [-0.05, 0) is 37.1 Å². The Morgan fingerprint density at radius 3 is 2.46 bits per heavy atom. The predicted octanol–water partition coefficient (Wildman–Crippen LogP) is 5.05. The first-order valence-corrected chi connectivity index (χ1v) is 8.38. The summed E-state index contributed by atoms with van der Waals surface area (Å²) in [5.74, 6) is 0.772. The van der Waals surface area contributed by atoms with Crippen LogP contribution in [-0.2, 0) is 4.79 Å². The molecule has 0 aliphatic heterocycles. The van der Waals surface area contributed by atoms with Crippen molar-refractivity contribution in [1.29, 1.82) is 5.26 Å². The number of ketones is 1. The molecule has 0 heterocycles. The Kier molecular flexibility index (Phi) is 7.31. The second kappa shape index (κ2) is 8.75. The molecule has 130 valence electrons. The number of carbonyl (C=O) groups excluding carboxylic acids is 1. The summed E-state index contributed by atoms with van der Waals surface area (Å²) in [7, 11) is 0. The number of hydrogen-bond acceptors (Lipinski definition) is 4. The topological polar surface area (TPSA) is 59.3 Å². The standard InChI is InChI=1S/C19H24ClNO3/c1-6-8-24-17-15(20)10-13(11-16(17)23-7-2)9-14(12-21)18(22)19(3,4)5/h9-11H,6-8H2,1-5H3/b14-9+. The minimum absolute atomic E-state index is 0.0863. The lowest BCUT2D eigenvalue weighted by atomic mass is 9.86. The van der Waals surface area contributed by atoms with Crippen LogP contribution in [0.4, 0.5) is 0 Å². The van der Waals surface area contributed by atoms with Gasteiger partial charge in [-0.3, -0.25) is 4.79 Å². The highest BCUT2D eigenvalue weighted by molar-refractivity contribution is 6.32. The highest BCUT2D eigenvalue weighted by atomic mass is 35.5. The molecule has 0 saturated carbocycles. The van der Waals surface area contributed by atoms with Gasteiger partial charge in [0.1, 0.15) is 6.07 Å². The number of nitrogens with zero attached hydrogens (tertiary/aromatic N) is 1. The van der Waals surface area contributed by atoms with Crippen LogP contribution < -0.4 is 9.47 Å². The summed E-state index contributed by atoms with van der Waals surface area (Å²) in [6.45, 7) is 10.2. The molecule has 0 fully saturated rings. The number of carbonyl (C=O) groups is 1. The third kappa shape index (κ3) is 5.28. The first kappa shape index (κ1) is 20.1. The Hall–Kier alpha value is -1.99. The average Bonchev–Trinajstić information content (AvgIpc) is 2.50. The third-order valence-electron chi connectivity index (χ3n) is 3.14. The molecule has 0 aliphatic carbocycles. The quantitative estimate of drug-likeness (QED) is 0.510. The van der Waals surface area contributed by atoms with Crippen LogP contribution in [0.15, 0.2) is 17.7 Å². The van der Waals surface area contributed by atoms with E-state index in [9.17, 15) is 10.1 Å². The third-order valence-corrected chi connectivity index (χ3v) is 3.42. The van der Waals surface area contributed by atoms with Crippen LogP contribution in [0.25, 0.3) is 6.08 Å². The molecular formula is C19H24ClNO3. The molecule has 0 atom stereocenters. The second-order valence-corrected chi connectivity index (χ2v) is 6.77. The smallest absolute Gasteiger partial charge is 0.179 e. The van der Waals surface area contributed by atoms with Crippen molar-refractivity contribution in [1.82, 2.24) is 0 Å². The van der Waals surface area contributed by atoms with Crippen LogP contribution in [0, 0.1) is 16.7 Å². The van der Waals surface area contributed by atoms with E-state index in [-0.39, 0.29) is 11.4 Å². The number of allylic oxidation sites excluding steroid dienone is 1. The molecule has 0 spiro atoms. The highest BCUT2D eigenvalue weighted by Crippen LogP contribution is 2.37. The van der Waals surface area contributed by atoms with Gasteiger partial charge in [0.15, 0.2) is 17.3 Å². The lowest BCUT2D eigenvalue weighted by Gasteiger charge is -2.16. The van der Waals surface area contributed by atoms with Crippen molar-refractivity contribution in [2.24, 2.45) is 5.41 Å². The zero-order valence-electron chi connectivity index (χ0n) is 14.9. The molecular weight excluding hydrogens is 326 g/mol. The molecule has 0 aromatic heterocycles. The van der Waals surface area contributed by atoms with Crippen LogP contribution in [-0.4, -0.2) is 19.0 Å². The minimum Gasteiger partial charge on any atom is -0.490 e. The number of ether oxygens (including phenoxy) is 2. The molecule has 1 rings (SSSR count). The summed E-state index contributed by atoms with van der Waals surface area (Å²) in [6.07, 6.45) is 2.38. The van der Waals surface area contributed by atoms with E-state index in [0.29, 0.717) is 35.3 Å². The fourth-order valence-electron chi connectivity index (χ4n) is 2.00. The summed E-state index contributed by atoms with van der Waals surface area (Å²) >= 11 is 6.30. The minimum atomic E-state index is -0.627. The van der Waals surface area contributed by atoms with Crippen LogP contribution in [0.5, 0.6) is 11.5 Å². The predicted molar refractivity (Wildman–Crippen MR) is 96.5 cm³/mol. The highest BCUT2D eigenvalue weighted by Gasteiger charge is 2.25. The van der Waals surface area contributed by atoms with E-state index in [4.69, 9.17) is 21.1 Å². The Morgan fingerprint density at radius 2 is 1.96 bits per heavy atom. The van der Waals surface area contributed by atoms with Gasteiger partial charge < -0.3 is 9.47 Å². The van der Waals surface area contributed by atoms with E-state index >= 15 is 0 Å². The van der Waals surface area contributed by atoms with Crippen molar-refractivity contribution in [3.05, 3.63) is 28.3 Å². The second-order valence-electron chi connectivity index (χ2n) is 6.36. The molecule has 5 heteroatoms. The monoisotopic (exact) mass is 349 g/mol. The van der Waals surface area contributed by atoms with Crippen molar-refractivity contribution < 1.29 is 14.3 Å². The summed E-state index contributed by atoms with van der Waals surface area (Å²) in [4.78, 5) is 12.3. The number of benzene rings is 1. The normalized spacial score (nSPS) is 11.8. The summed E-state index contributed by atoms with van der Waals surface area (Å²) in [5, 5.41) is 9.70. The first-order valence-electron chi connectivity index (χ1n) is 8.00. The number of rotatable bonds is 7. The van der Waals surface area contributed by atoms with Gasteiger partial charge in [0.2, 0.25) is 0 Å². The Bertz CT molecular complexity index is 666. The molecule has 1 aromatic rings. The molecule has 1 aromatic carbocycles. The maximum absolute atomic E-state index is 12.3. The van der Waals surface area contributed by atoms with Gasteiger partial charge in [0, 0.05) is 5.41 Å². The number of nitriles is 1. The van der Waals surface area contributed by atoms with Crippen molar-refractivity contribution in [3.63, 3.8) is 0 Å². The number of Topliss-reactive ketones (excluding diaryl/α,β-unsaturated/α-hetero) is 1. The maximum atomic E-state index is 12.3. The fourth-order valence-corrected chi connectivity index (χ4v) is 2.27. The van der Waals surface area contributed by atoms with E-state index in [0.717, 1.165) is 6.42 Å². The van der Waals surface area contributed by atoms with Crippen molar-refractivity contribution in [2.75, 3.05) is 13.2 Å². The van der Waals surface area contributed by atoms with Crippen LogP contribution in [0.2, 0.25) is 5.02 Å². The largest absolute Gasteiger partial charge is 0.490 e. The first-order chi connectivity index (χ1) is 11.2. The Labute approximate surface area is 149 Å². The Balaban J connectivity index is 3.32. The summed E-state index contributed by atoms with van der Waals surface area (Å²) in [6, 6.07) is 5.37. The van der Waals surface area contributed by atoms with E-state index in [1.54, 1.807) is 32.9 Å². The van der Waals surface area contributed by atoms with E-state index in [2.05, 4.69) is 0 Å². The summed E-state index contributed by atoms with van der Waals surface area (Å²) < 4.78 is 11.2. The van der Waals surface area contributed by atoms with Crippen molar-refractivity contribution >= 4 is 23.5 Å². The van der Waals surface area contributed by atoms with Gasteiger partial charge >= 0.3 is 0 Å². The Morgan fingerprint density at radius 1 is 1.29 bits per heavy atom. The zero-order chi connectivity index (χ0) is 18.3. The fraction of sp³-hybridized carbons (Fsp3) is 0.474. The van der Waals surface area contributed by atoms with Gasteiger partial charge in [0.25, 0.3) is 0 Å². The maximum Gasteiger partial charge on any atom is 0.179 e. The van der Waals surface area contributed by atoms with Crippen molar-refractivity contribution in [2.45, 2.75) is 41.0 Å². The molecule has 24 heavy (non-hydrogen) atoms. The van der Waals surface area contributed by atoms with E-state index < -0.39 is 5.41 Å². The molecule has 0 N–H and O–H groups in total. The van der Waals surface area contributed by atoms with E-state index in [1.165, 1.54) is 6.08 Å². The summed E-state index contributed by atoms with van der Waals surface area (Å²) in [5.41, 5.74) is 0.0860. The number of halogens is 1. The van der Waals surface area contributed by atoms with Gasteiger partial charge in [-0.25, -0.2) is 0 Å². The van der Waals surface area contributed by atoms with Crippen LogP contribution in [0.1, 0.15) is 46.6 Å². The van der Waals surface area contributed by atoms with Gasteiger partial charge in [0.05, 0.1) is 23.8 Å². The zero-order valence-corrected chi connectivity index (χ0v) is 15.7. The van der Waals surface area contributed by atoms with Crippen molar-refractivity contribution in [3.8, 4) is 17.6 Å². The van der Waals surface area contributed by atoms with Gasteiger partial charge in [-0.2, -0.15) is 5.26 Å². The van der Waals surface area contributed by atoms with Gasteiger partial charge in [-0.15, -0.1) is 0 Å². The molecule has 4 nitrogen and oxygen atoms in total. The molecule has 0 aliphatic rings. The molecule has 0 saturated heterocycles. The molecule has 0 unspecified atom stereocenters. The lowest BCUT2D eigenvalue weighted by molar-refractivity contribution is -0.121. The van der Waals surface area contributed by atoms with Gasteiger partial charge in [-0.1, -0.05) is 39.3 Å². The average molecular weight is 350 g/mol. The SMILES string of the molecule is CCCOc1c(Cl)cc(/C=C(\C#N)C(=O)C(C)(C)C)cc1OCC. The number of hydrogen-bond donors (Lipinski definition) is 0. The van der Waals surface area contributed by atoms with Crippen LogP contribution >= 0.6 is 11.6 Å². The molecule has 0 radical (unpaired) electrons. The molecule has 0 bridgehead atoms.